The van der Waals surface area contributed by atoms with Crippen LogP contribution in [0.1, 0.15) is 31.3 Å². The fourth-order valence-electron chi connectivity index (χ4n) is 4.42. The van der Waals surface area contributed by atoms with Crippen LogP contribution >= 0.6 is 11.3 Å². The summed E-state index contributed by atoms with van der Waals surface area (Å²) in [6.07, 6.45) is 4.42. The van der Waals surface area contributed by atoms with E-state index in [-0.39, 0.29) is 0 Å². The predicted octanol–water partition coefficient (Wildman–Crippen LogP) is 7.35. The monoisotopic (exact) mass is 453 g/mol. The van der Waals surface area contributed by atoms with Gasteiger partial charge in [0.25, 0.3) is 5.01 Å². The van der Waals surface area contributed by atoms with Crippen LogP contribution in [0.5, 0.6) is 5.75 Å². The predicted molar refractivity (Wildman–Crippen MR) is 140 cm³/mol. The Bertz CT molecular complexity index is 1380. The average molecular weight is 454 g/mol. The molecule has 5 rings (SSSR count). The molecule has 1 aliphatic heterocycles. The van der Waals surface area contributed by atoms with Gasteiger partial charge in [0.05, 0.1) is 5.69 Å². The molecule has 0 saturated heterocycles. The minimum atomic E-state index is 0.849. The van der Waals surface area contributed by atoms with Crippen LogP contribution in [0.25, 0.3) is 27.4 Å². The van der Waals surface area contributed by atoms with Gasteiger partial charge in [-0.3, -0.25) is 0 Å². The molecular weight excluding hydrogens is 424 g/mol. The molecule has 0 N–H and O–H groups in total. The van der Waals surface area contributed by atoms with E-state index >= 15 is 0 Å². The quantitative estimate of drug-likeness (QED) is 0.294. The van der Waals surface area contributed by atoms with Gasteiger partial charge in [0.1, 0.15) is 11.2 Å². The van der Waals surface area contributed by atoms with Gasteiger partial charge in [-0.1, -0.05) is 53.8 Å². The number of hydrogen-bond donors (Lipinski definition) is 0. The molecule has 2 heterocycles. The number of benzene rings is 3. The fourth-order valence-corrected chi connectivity index (χ4v) is 5.64. The molecule has 33 heavy (non-hydrogen) atoms. The van der Waals surface area contributed by atoms with Gasteiger partial charge in [-0.15, -0.1) is 0 Å². The Morgan fingerprint density at radius 2 is 1.82 bits per heavy atom. The summed E-state index contributed by atoms with van der Waals surface area (Å²) in [4.78, 5) is 2.25. The van der Waals surface area contributed by atoms with Crippen molar-refractivity contribution >= 4 is 33.3 Å². The highest BCUT2D eigenvalue weighted by Crippen LogP contribution is 2.41. The van der Waals surface area contributed by atoms with Crippen molar-refractivity contribution in [2.45, 2.75) is 34.2 Å². The molecule has 0 aliphatic carbocycles. The molecule has 4 aromatic rings. The smallest absolute Gasteiger partial charge is 0.262 e. The van der Waals surface area contributed by atoms with E-state index in [0.717, 1.165) is 30.4 Å². The molecule has 4 heteroatoms. The number of aryl methyl sites for hydroxylation is 2. The van der Waals surface area contributed by atoms with Crippen molar-refractivity contribution in [3.05, 3.63) is 94.8 Å². The number of nitrogens with zero attached hydrogens (tertiary/aromatic N) is 2. The van der Waals surface area contributed by atoms with Crippen molar-refractivity contribution < 1.29 is 9.30 Å². The molecule has 0 spiro atoms. The van der Waals surface area contributed by atoms with Crippen LogP contribution in [0.4, 0.5) is 5.69 Å². The fraction of sp³-hybridized carbons (Fsp3) is 0.207. The maximum Gasteiger partial charge on any atom is 0.262 e. The third kappa shape index (κ3) is 4.07. The summed E-state index contributed by atoms with van der Waals surface area (Å²) in [6, 6.07) is 23.6. The summed E-state index contributed by atoms with van der Waals surface area (Å²) in [7, 11) is 0. The molecular formula is C29H29N2OS+. The van der Waals surface area contributed by atoms with Crippen LogP contribution in [-0.4, -0.2) is 6.54 Å². The number of fused-ring (bicyclic) bond motifs is 2. The van der Waals surface area contributed by atoms with Crippen molar-refractivity contribution in [1.82, 2.24) is 0 Å². The first-order chi connectivity index (χ1) is 16.1. The molecule has 0 fully saturated rings. The highest BCUT2D eigenvalue weighted by atomic mass is 32.1. The maximum absolute atomic E-state index is 6.28. The zero-order chi connectivity index (χ0) is 22.9. The highest BCUT2D eigenvalue weighted by molar-refractivity contribution is 7.18. The summed E-state index contributed by atoms with van der Waals surface area (Å²) in [6.45, 7) is 10.5. The third-order valence-electron chi connectivity index (χ3n) is 6.06. The summed E-state index contributed by atoms with van der Waals surface area (Å²) < 4.78 is 10.00. The molecule has 1 aromatic heterocycles. The van der Waals surface area contributed by atoms with Gasteiger partial charge < -0.3 is 9.64 Å². The molecule has 0 atom stereocenters. The summed E-state index contributed by atoms with van der Waals surface area (Å²) in [5.41, 5.74) is 7.32. The number of anilines is 1. The first-order valence-corrected chi connectivity index (χ1v) is 12.4. The second-order valence-electron chi connectivity index (χ2n) is 8.42. The molecule has 166 valence electrons. The van der Waals surface area contributed by atoms with Crippen LogP contribution < -0.4 is 14.2 Å². The van der Waals surface area contributed by atoms with E-state index in [1.54, 1.807) is 0 Å². The minimum Gasteiger partial charge on any atom is -0.439 e. The summed E-state index contributed by atoms with van der Waals surface area (Å²) in [5, 5.41) is 1.26. The Kier molecular flexibility index (Phi) is 5.77. The van der Waals surface area contributed by atoms with E-state index in [4.69, 9.17) is 4.74 Å². The Morgan fingerprint density at radius 3 is 2.58 bits per heavy atom. The van der Waals surface area contributed by atoms with Crippen LogP contribution in [0, 0.1) is 6.92 Å². The molecule has 1 aliphatic rings. The first-order valence-electron chi connectivity index (χ1n) is 11.5. The van der Waals surface area contributed by atoms with E-state index in [1.165, 1.54) is 37.5 Å². The summed E-state index contributed by atoms with van der Waals surface area (Å²) >= 11 is 1.84. The largest absolute Gasteiger partial charge is 0.439 e. The van der Waals surface area contributed by atoms with Crippen molar-refractivity contribution in [2.75, 3.05) is 11.4 Å². The zero-order valence-corrected chi connectivity index (χ0v) is 20.4. The van der Waals surface area contributed by atoms with Crippen molar-refractivity contribution in [3.8, 4) is 16.9 Å². The highest BCUT2D eigenvalue weighted by Gasteiger charge is 2.26. The van der Waals surface area contributed by atoms with Crippen molar-refractivity contribution in [3.63, 3.8) is 0 Å². The number of rotatable bonds is 5. The molecule has 0 amide bonds. The molecule has 3 aromatic carbocycles. The molecule has 0 saturated carbocycles. The van der Waals surface area contributed by atoms with Gasteiger partial charge in [-0.2, -0.15) is 4.57 Å². The second-order valence-corrected chi connectivity index (χ2v) is 9.48. The van der Waals surface area contributed by atoms with Gasteiger partial charge in [0, 0.05) is 24.8 Å². The Hall–Kier alpha value is -3.37. The molecule has 0 radical (unpaired) electrons. The first kappa shape index (κ1) is 21.5. The average Bonchev–Trinajstić information content (AvgIpc) is 3.34. The number of ether oxygens (including phenoxy) is 1. The maximum atomic E-state index is 6.28. The lowest BCUT2D eigenvalue weighted by Crippen LogP contribution is -2.33. The minimum absolute atomic E-state index is 0.849. The van der Waals surface area contributed by atoms with Gasteiger partial charge in [-0.25, -0.2) is 0 Å². The topological polar surface area (TPSA) is 16.4 Å². The van der Waals surface area contributed by atoms with E-state index in [0.29, 0.717) is 0 Å². The number of hydrogen-bond acceptors (Lipinski definition) is 3. The van der Waals surface area contributed by atoms with Gasteiger partial charge in [0.2, 0.25) is 11.4 Å². The lowest BCUT2D eigenvalue weighted by molar-refractivity contribution is -0.665. The van der Waals surface area contributed by atoms with E-state index in [2.05, 4.69) is 110 Å². The number of allylic oxidation sites excluding steroid dienone is 2. The van der Waals surface area contributed by atoms with Crippen molar-refractivity contribution in [1.29, 1.82) is 0 Å². The second kappa shape index (κ2) is 8.87. The lowest BCUT2D eigenvalue weighted by atomic mass is 10.0. The van der Waals surface area contributed by atoms with Crippen LogP contribution in [0.2, 0.25) is 0 Å². The van der Waals surface area contributed by atoms with Crippen molar-refractivity contribution in [2.24, 2.45) is 0 Å². The number of thiazole rings is 1. The van der Waals surface area contributed by atoms with Crippen LogP contribution in [-0.2, 0) is 6.54 Å². The third-order valence-corrected chi connectivity index (χ3v) is 7.17. The van der Waals surface area contributed by atoms with Gasteiger partial charge >= 0.3 is 0 Å². The normalized spacial score (nSPS) is 14.7. The van der Waals surface area contributed by atoms with E-state index < -0.39 is 0 Å². The Balaban J connectivity index is 1.49. The summed E-state index contributed by atoms with van der Waals surface area (Å²) in [5.74, 6) is 1.79. The van der Waals surface area contributed by atoms with Crippen LogP contribution in [0.3, 0.4) is 0 Å². The molecule has 3 nitrogen and oxygen atoms in total. The van der Waals surface area contributed by atoms with E-state index in [1.807, 2.05) is 17.4 Å². The number of aromatic nitrogens is 1. The SMILES string of the molecule is CCN1/C(=C/C(C)=C/c2sc3ccc(C)cc3[n+]2CC)Oc2ccc(-c3ccccc3)cc21. The molecule has 0 bridgehead atoms. The zero-order valence-electron chi connectivity index (χ0n) is 19.6. The molecule has 0 unspecified atom stereocenters. The Morgan fingerprint density at radius 1 is 1.00 bits per heavy atom. The lowest BCUT2D eigenvalue weighted by Gasteiger charge is -2.16. The standard InChI is InChI=1S/C29H29N2OS/c1-5-30-24-19-23(22-10-8-7-9-11-22)13-14-26(24)32-28(30)17-21(4)18-29-31(6-2)25-16-20(3)12-15-27(25)33-29/h7-19H,5-6H2,1-4H3/q+1. The Labute approximate surface area is 199 Å². The van der Waals surface area contributed by atoms with Gasteiger partial charge in [0.15, 0.2) is 5.75 Å². The van der Waals surface area contributed by atoms with Gasteiger partial charge in [-0.05, 0) is 68.2 Å². The van der Waals surface area contributed by atoms with Crippen LogP contribution in [0.15, 0.2) is 84.3 Å². The van der Waals surface area contributed by atoms with E-state index in [9.17, 15) is 0 Å².